The van der Waals surface area contributed by atoms with Crippen molar-refractivity contribution in [3.8, 4) is 5.69 Å². The van der Waals surface area contributed by atoms with E-state index in [-0.39, 0.29) is 23.8 Å². The molecule has 2 aromatic heterocycles. The third kappa shape index (κ3) is 3.66. The summed E-state index contributed by atoms with van der Waals surface area (Å²) >= 11 is 1.43. The number of thiazole rings is 1. The zero-order chi connectivity index (χ0) is 20.5. The van der Waals surface area contributed by atoms with Crippen molar-refractivity contribution in [3.05, 3.63) is 72.3 Å². The number of rotatable bonds is 5. The molecule has 2 aromatic carbocycles. The van der Waals surface area contributed by atoms with Crippen LogP contribution in [0.1, 0.15) is 29.6 Å². The molecular formula is C22H20FN5OS. The van der Waals surface area contributed by atoms with Gasteiger partial charge in [-0.1, -0.05) is 23.5 Å². The predicted molar refractivity (Wildman–Crippen MR) is 116 cm³/mol. The van der Waals surface area contributed by atoms with E-state index in [1.807, 2.05) is 36.5 Å². The van der Waals surface area contributed by atoms with Gasteiger partial charge in [0.25, 0.3) is 5.91 Å². The number of halogens is 1. The molecule has 2 heterocycles. The van der Waals surface area contributed by atoms with Crippen LogP contribution in [-0.2, 0) is 0 Å². The lowest BCUT2D eigenvalue weighted by Crippen LogP contribution is -2.43. The first-order chi connectivity index (χ1) is 14.7. The van der Waals surface area contributed by atoms with Crippen molar-refractivity contribution in [2.45, 2.75) is 31.3 Å². The van der Waals surface area contributed by atoms with Crippen molar-refractivity contribution in [3.63, 3.8) is 0 Å². The Labute approximate surface area is 176 Å². The van der Waals surface area contributed by atoms with Crippen LogP contribution in [0.5, 0.6) is 0 Å². The Morgan fingerprint density at radius 2 is 2.00 bits per heavy atom. The Balaban J connectivity index is 1.33. The molecule has 1 amide bonds. The predicted octanol–water partition coefficient (Wildman–Crippen LogP) is 4.38. The third-order valence-corrected chi connectivity index (χ3v) is 6.34. The fourth-order valence-electron chi connectivity index (χ4n) is 3.95. The molecule has 30 heavy (non-hydrogen) atoms. The monoisotopic (exact) mass is 421 g/mol. The summed E-state index contributed by atoms with van der Waals surface area (Å²) in [7, 11) is 0. The Bertz CT molecular complexity index is 1190. The molecule has 0 aliphatic heterocycles. The van der Waals surface area contributed by atoms with E-state index in [1.165, 1.54) is 23.5 Å². The van der Waals surface area contributed by atoms with Crippen molar-refractivity contribution in [1.82, 2.24) is 20.1 Å². The van der Waals surface area contributed by atoms with Crippen LogP contribution in [0.4, 0.5) is 9.52 Å². The largest absolute Gasteiger partial charge is 0.357 e. The van der Waals surface area contributed by atoms with Crippen LogP contribution in [-0.4, -0.2) is 32.8 Å². The van der Waals surface area contributed by atoms with Crippen LogP contribution >= 0.6 is 11.3 Å². The van der Waals surface area contributed by atoms with Crippen LogP contribution in [0.15, 0.2) is 60.9 Å². The molecule has 1 unspecified atom stereocenters. The fourth-order valence-corrected chi connectivity index (χ4v) is 4.90. The number of amides is 1. The molecule has 1 saturated carbocycles. The number of fused-ring (bicyclic) bond motifs is 1. The van der Waals surface area contributed by atoms with Crippen LogP contribution in [0.3, 0.4) is 0 Å². The molecule has 2 N–H and O–H groups in total. The normalized spacial score (nSPS) is 18.6. The topological polar surface area (TPSA) is 71.8 Å². The molecule has 2 atom stereocenters. The van der Waals surface area contributed by atoms with Crippen molar-refractivity contribution in [2.24, 2.45) is 0 Å². The van der Waals surface area contributed by atoms with Crippen molar-refractivity contribution >= 4 is 32.6 Å². The minimum Gasteiger partial charge on any atom is -0.357 e. The number of nitrogens with one attached hydrogen (secondary N) is 2. The maximum Gasteiger partial charge on any atom is 0.253 e. The molecule has 1 fully saturated rings. The van der Waals surface area contributed by atoms with Gasteiger partial charge < -0.3 is 10.6 Å². The van der Waals surface area contributed by atoms with Gasteiger partial charge in [0.15, 0.2) is 5.13 Å². The highest BCUT2D eigenvalue weighted by Crippen LogP contribution is 2.30. The number of hydrogen-bond donors (Lipinski definition) is 2. The van der Waals surface area contributed by atoms with E-state index in [0.717, 1.165) is 40.3 Å². The summed E-state index contributed by atoms with van der Waals surface area (Å²) in [4.78, 5) is 17.6. The summed E-state index contributed by atoms with van der Waals surface area (Å²) in [6.07, 6.45) is 6.36. The maximum atomic E-state index is 13.5. The van der Waals surface area contributed by atoms with Crippen LogP contribution in [0, 0.1) is 5.82 Å². The van der Waals surface area contributed by atoms with Gasteiger partial charge in [0, 0.05) is 24.5 Å². The van der Waals surface area contributed by atoms with E-state index in [1.54, 1.807) is 16.9 Å². The lowest BCUT2D eigenvalue weighted by atomic mass is 10.1. The van der Waals surface area contributed by atoms with Gasteiger partial charge in [-0.3, -0.25) is 4.79 Å². The number of aromatic nitrogens is 3. The molecule has 152 valence electrons. The molecular weight excluding hydrogens is 401 g/mol. The van der Waals surface area contributed by atoms with Crippen molar-refractivity contribution in [2.75, 3.05) is 5.32 Å². The highest BCUT2D eigenvalue weighted by Gasteiger charge is 2.30. The fraction of sp³-hybridized carbons (Fsp3) is 0.227. The number of anilines is 1. The Morgan fingerprint density at radius 3 is 2.87 bits per heavy atom. The van der Waals surface area contributed by atoms with E-state index in [9.17, 15) is 9.18 Å². The van der Waals surface area contributed by atoms with Gasteiger partial charge in [-0.2, -0.15) is 5.10 Å². The summed E-state index contributed by atoms with van der Waals surface area (Å²) < 4.78 is 16.0. The van der Waals surface area contributed by atoms with Crippen molar-refractivity contribution in [1.29, 1.82) is 0 Å². The zero-order valence-corrected chi connectivity index (χ0v) is 16.9. The minimum atomic E-state index is -0.264. The first-order valence-corrected chi connectivity index (χ1v) is 10.7. The van der Waals surface area contributed by atoms with Crippen LogP contribution in [0.25, 0.3) is 15.9 Å². The standard InChI is InChI=1S/C22H20FN5OS/c23-14-9-10-18-20(13-14)30-22(27-18)26-17-7-3-6-16(17)25-21(29)15-5-1-2-8-19(15)28-12-4-11-24-28/h1-2,4-5,8-13,16-17H,3,6-7H2,(H,25,29)(H,26,27)/t16?,17-/m0/s1. The number of benzene rings is 2. The quantitative estimate of drug-likeness (QED) is 0.502. The summed E-state index contributed by atoms with van der Waals surface area (Å²) in [5, 5.41) is 11.6. The molecule has 0 spiro atoms. The van der Waals surface area contributed by atoms with Crippen molar-refractivity contribution < 1.29 is 9.18 Å². The Hall–Kier alpha value is -3.26. The number of hydrogen-bond acceptors (Lipinski definition) is 5. The second kappa shape index (κ2) is 7.87. The Morgan fingerprint density at radius 1 is 1.13 bits per heavy atom. The molecule has 0 saturated heterocycles. The molecule has 4 aromatic rings. The minimum absolute atomic E-state index is 0.00748. The summed E-state index contributed by atoms with van der Waals surface area (Å²) in [5.41, 5.74) is 2.11. The number of carbonyl (C=O) groups is 1. The molecule has 0 radical (unpaired) electrons. The van der Waals surface area contributed by atoms with Crippen LogP contribution in [0.2, 0.25) is 0 Å². The Kier molecular flexibility index (Phi) is 4.92. The number of carbonyl (C=O) groups excluding carboxylic acids is 1. The zero-order valence-electron chi connectivity index (χ0n) is 16.1. The average molecular weight is 422 g/mol. The lowest BCUT2D eigenvalue weighted by Gasteiger charge is -2.22. The second-order valence-corrected chi connectivity index (χ2v) is 8.39. The average Bonchev–Trinajstić information content (AvgIpc) is 3.49. The molecule has 1 aliphatic carbocycles. The van der Waals surface area contributed by atoms with Gasteiger partial charge in [-0.25, -0.2) is 14.1 Å². The van der Waals surface area contributed by atoms with Crippen LogP contribution < -0.4 is 10.6 Å². The first kappa shape index (κ1) is 18.7. The first-order valence-electron chi connectivity index (χ1n) is 9.90. The third-order valence-electron chi connectivity index (χ3n) is 5.39. The molecule has 6 nitrogen and oxygen atoms in total. The van der Waals surface area contributed by atoms with Gasteiger partial charge in [0.2, 0.25) is 0 Å². The summed E-state index contributed by atoms with van der Waals surface area (Å²) in [6, 6.07) is 13.9. The second-order valence-electron chi connectivity index (χ2n) is 7.36. The van der Waals surface area contributed by atoms with Gasteiger partial charge in [0.05, 0.1) is 21.5 Å². The van der Waals surface area contributed by atoms with E-state index in [0.29, 0.717) is 5.56 Å². The highest BCUT2D eigenvalue weighted by atomic mass is 32.1. The summed E-state index contributed by atoms with van der Waals surface area (Å²) in [6.45, 7) is 0. The van der Waals surface area contributed by atoms with E-state index in [2.05, 4.69) is 20.7 Å². The lowest BCUT2D eigenvalue weighted by molar-refractivity contribution is 0.0935. The van der Waals surface area contributed by atoms with Gasteiger partial charge in [-0.15, -0.1) is 0 Å². The number of nitrogens with zero attached hydrogens (tertiary/aromatic N) is 3. The van der Waals surface area contributed by atoms with E-state index in [4.69, 9.17) is 0 Å². The maximum absolute atomic E-state index is 13.5. The van der Waals surface area contributed by atoms with E-state index < -0.39 is 0 Å². The highest BCUT2D eigenvalue weighted by molar-refractivity contribution is 7.22. The molecule has 0 bridgehead atoms. The van der Waals surface area contributed by atoms with Gasteiger partial charge in [0.1, 0.15) is 5.82 Å². The number of para-hydroxylation sites is 1. The molecule has 1 aliphatic rings. The van der Waals surface area contributed by atoms with Gasteiger partial charge in [-0.05, 0) is 55.7 Å². The van der Waals surface area contributed by atoms with Gasteiger partial charge >= 0.3 is 0 Å². The molecule has 8 heteroatoms. The molecule has 5 rings (SSSR count). The smallest absolute Gasteiger partial charge is 0.253 e. The van der Waals surface area contributed by atoms with E-state index >= 15 is 0 Å². The SMILES string of the molecule is O=C(NC1CCC[C@@H]1Nc1nc2ccc(F)cc2s1)c1ccccc1-n1cccn1. The summed E-state index contributed by atoms with van der Waals surface area (Å²) in [5.74, 6) is -0.384.